The normalized spacial score (nSPS) is 19.1. The van der Waals surface area contributed by atoms with Crippen molar-refractivity contribution in [3.8, 4) is 0 Å². The summed E-state index contributed by atoms with van der Waals surface area (Å²) in [5, 5.41) is 6.35. The molecule has 0 aromatic carbocycles. The first kappa shape index (κ1) is 16.6. The van der Waals surface area contributed by atoms with E-state index in [1.165, 1.54) is 0 Å². The summed E-state index contributed by atoms with van der Waals surface area (Å²) >= 11 is 5.66. The Kier molecular flexibility index (Phi) is 4.55. The van der Waals surface area contributed by atoms with Gasteiger partial charge < -0.3 is 0 Å². The van der Waals surface area contributed by atoms with E-state index < -0.39 is 22.1 Å². The van der Waals surface area contributed by atoms with Crippen LogP contribution in [0, 0.1) is 12.8 Å². The fourth-order valence-electron chi connectivity index (χ4n) is 2.45. The average molecular weight is 346 g/mol. The number of nitrogens with zero attached hydrogens (tertiary/aromatic N) is 2. The van der Waals surface area contributed by atoms with Gasteiger partial charge in [0.25, 0.3) is 0 Å². The van der Waals surface area contributed by atoms with Gasteiger partial charge in [0.15, 0.2) is 0 Å². The molecule has 0 bridgehead atoms. The van der Waals surface area contributed by atoms with Gasteiger partial charge in [-0.2, -0.15) is 22.6 Å². The third-order valence-corrected chi connectivity index (χ3v) is 5.96. The van der Waals surface area contributed by atoms with Crippen LogP contribution in [-0.4, -0.2) is 42.2 Å². The zero-order valence-electron chi connectivity index (χ0n) is 11.2. The number of hydrogen-bond donors (Lipinski definition) is 1. The minimum absolute atomic E-state index is 0.0250. The molecular weight excluding hydrogens is 331 g/mol. The molecule has 21 heavy (non-hydrogen) atoms. The summed E-state index contributed by atoms with van der Waals surface area (Å²) in [5.41, 5.74) is 0.524. The number of aryl methyl sites for hydroxylation is 1. The number of rotatable bonds is 3. The predicted molar refractivity (Wildman–Crippen MR) is 70.4 cm³/mol. The van der Waals surface area contributed by atoms with E-state index in [0.29, 0.717) is 5.69 Å². The van der Waals surface area contributed by atoms with Gasteiger partial charge in [-0.25, -0.2) is 8.42 Å². The van der Waals surface area contributed by atoms with E-state index >= 15 is 0 Å². The largest absolute Gasteiger partial charge is 0.391 e. The highest BCUT2D eigenvalue weighted by Gasteiger charge is 2.43. The Morgan fingerprint density at radius 1 is 1.38 bits per heavy atom. The van der Waals surface area contributed by atoms with Gasteiger partial charge in [-0.1, -0.05) is 0 Å². The summed E-state index contributed by atoms with van der Waals surface area (Å²) in [4.78, 5) is -0.0250. The lowest BCUT2D eigenvalue weighted by Crippen LogP contribution is -2.42. The Bertz CT molecular complexity index is 607. The first-order valence-corrected chi connectivity index (χ1v) is 8.32. The smallest absolute Gasteiger partial charge is 0.281 e. The zero-order chi connectivity index (χ0) is 15.8. The molecule has 0 aliphatic carbocycles. The second-order valence-electron chi connectivity index (χ2n) is 4.98. The Balaban J connectivity index is 2.21. The average Bonchev–Trinajstić information content (AvgIpc) is 2.79. The molecule has 5 nitrogen and oxygen atoms in total. The van der Waals surface area contributed by atoms with Crippen molar-refractivity contribution < 1.29 is 21.6 Å². The van der Waals surface area contributed by atoms with Crippen molar-refractivity contribution in [1.82, 2.24) is 14.5 Å². The lowest BCUT2D eigenvalue weighted by Gasteiger charge is -2.32. The van der Waals surface area contributed by atoms with Crippen LogP contribution in [0.25, 0.3) is 0 Å². The number of sulfonamides is 1. The molecular formula is C11H15ClF3N3O2S. The van der Waals surface area contributed by atoms with Crippen LogP contribution in [0.3, 0.4) is 0 Å². The zero-order valence-corrected chi connectivity index (χ0v) is 12.8. The van der Waals surface area contributed by atoms with Crippen LogP contribution in [0.15, 0.2) is 4.90 Å². The van der Waals surface area contributed by atoms with E-state index in [0.717, 1.165) is 4.31 Å². The minimum Gasteiger partial charge on any atom is -0.281 e. The monoisotopic (exact) mass is 345 g/mol. The first-order chi connectivity index (χ1) is 9.67. The molecule has 0 atom stereocenters. The molecule has 1 aromatic heterocycles. The second kappa shape index (κ2) is 5.77. The van der Waals surface area contributed by atoms with E-state index in [1.54, 1.807) is 6.92 Å². The highest BCUT2D eigenvalue weighted by molar-refractivity contribution is 7.89. The van der Waals surface area contributed by atoms with Crippen molar-refractivity contribution >= 4 is 21.6 Å². The topological polar surface area (TPSA) is 66.1 Å². The highest BCUT2D eigenvalue weighted by atomic mass is 35.5. The molecule has 0 unspecified atom stereocenters. The van der Waals surface area contributed by atoms with Crippen LogP contribution in [-0.2, 0) is 15.9 Å². The number of H-pyrrole nitrogens is 1. The van der Waals surface area contributed by atoms with Crippen molar-refractivity contribution in [1.29, 1.82) is 0 Å². The summed E-state index contributed by atoms with van der Waals surface area (Å²) in [6.45, 7) is 1.23. The van der Waals surface area contributed by atoms with E-state index in [1.807, 2.05) is 0 Å². The van der Waals surface area contributed by atoms with Crippen LogP contribution in [0.5, 0.6) is 0 Å². The van der Waals surface area contributed by atoms with Gasteiger partial charge in [0.05, 0.1) is 23.2 Å². The fourth-order valence-corrected chi connectivity index (χ4v) is 4.53. The third kappa shape index (κ3) is 3.19. The van der Waals surface area contributed by atoms with Crippen LogP contribution < -0.4 is 0 Å². The second-order valence-corrected chi connectivity index (χ2v) is 7.12. The van der Waals surface area contributed by atoms with Crippen molar-refractivity contribution in [2.24, 2.45) is 5.92 Å². The molecule has 1 aliphatic heterocycles. The Hall–Kier alpha value is -0.800. The van der Waals surface area contributed by atoms with Gasteiger partial charge in [-0.3, -0.25) is 5.10 Å². The minimum atomic E-state index is -4.28. The van der Waals surface area contributed by atoms with Gasteiger partial charge in [0, 0.05) is 13.1 Å². The maximum absolute atomic E-state index is 12.6. The maximum Gasteiger partial charge on any atom is 0.391 e. The van der Waals surface area contributed by atoms with Crippen LogP contribution in [0.4, 0.5) is 13.2 Å². The lowest BCUT2D eigenvalue weighted by molar-refractivity contribution is -0.182. The van der Waals surface area contributed by atoms with Crippen molar-refractivity contribution in [3.05, 3.63) is 11.4 Å². The lowest BCUT2D eigenvalue weighted by atomic mass is 9.98. The van der Waals surface area contributed by atoms with Crippen LogP contribution in [0.1, 0.15) is 24.2 Å². The molecule has 0 amide bonds. The van der Waals surface area contributed by atoms with Crippen molar-refractivity contribution in [2.45, 2.75) is 36.7 Å². The molecule has 10 heteroatoms. The van der Waals surface area contributed by atoms with Crippen LogP contribution in [0.2, 0.25) is 0 Å². The number of halogens is 4. The third-order valence-electron chi connectivity index (χ3n) is 3.60. The molecule has 0 saturated carbocycles. The summed E-state index contributed by atoms with van der Waals surface area (Å²) in [5.74, 6) is -1.53. The van der Waals surface area contributed by atoms with Gasteiger partial charge in [0.1, 0.15) is 4.90 Å². The number of hydrogen-bond acceptors (Lipinski definition) is 3. The van der Waals surface area contributed by atoms with Crippen molar-refractivity contribution in [3.63, 3.8) is 0 Å². The number of piperidine rings is 1. The first-order valence-electron chi connectivity index (χ1n) is 6.34. The van der Waals surface area contributed by atoms with E-state index in [2.05, 4.69) is 10.2 Å². The summed E-state index contributed by atoms with van der Waals surface area (Å²) < 4.78 is 64.0. The number of aromatic nitrogens is 2. The Morgan fingerprint density at radius 2 is 1.95 bits per heavy atom. The van der Waals surface area contributed by atoms with Gasteiger partial charge >= 0.3 is 6.18 Å². The fraction of sp³-hybridized carbons (Fsp3) is 0.727. The molecule has 1 saturated heterocycles. The van der Waals surface area contributed by atoms with E-state index in [4.69, 9.17) is 11.6 Å². The standard InChI is InChI=1S/C11H15ClF3N3O2S/c1-7-10(9(6-12)17-16-7)21(19,20)18-4-2-8(3-5-18)11(13,14)15/h8H,2-6H2,1H3,(H,16,17). The molecule has 0 radical (unpaired) electrons. The maximum atomic E-state index is 12.6. The highest BCUT2D eigenvalue weighted by Crippen LogP contribution is 2.36. The number of nitrogens with one attached hydrogen (secondary N) is 1. The molecule has 1 fully saturated rings. The van der Waals surface area contributed by atoms with E-state index in [9.17, 15) is 21.6 Å². The number of aromatic amines is 1. The predicted octanol–water partition coefficient (Wildman–Crippen LogP) is 2.42. The Morgan fingerprint density at radius 3 is 2.43 bits per heavy atom. The number of alkyl halides is 4. The molecule has 2 rings (SSSR count). The Labute approximate surface area is 125 Å². The summed E-state index contributed by atoms with van der Waals surface area (Å²) in [7, 11) is -3.87. The molecule has 0 spiro atoms. The molecule has 120 valence electrons. The van der Waals surface area contributed by atoms with E-state index in [-0.39, 0.29) is 42.4 Å². The van der Waals surface area contributed by atoms with Gasteiger partial charge in [-0.15, -0.1) is 11.6 Å². The summed E-state index contributed by atoms with van der Waals surface area (Å²) in [6.07, 6.45) is -4.73. The van der Waals surface area contributed by atoms with Gasteiger partial charge in [-0.05, 0) is 19.8 Å². The quantitative estimate of drug-likeness (QED) is 0.856. The van der Waals surface area contributed by atoms with Crippen LogP contribution >= 0.6 is 11.6 Å². The SMILES string of the molecule is Cc1[nH]nc(CCl)c1S(=O)(=O)N1CCC(C(F)(F)F)CC1. The molecule has 1 aromatic rings. The molecule has 2 heterocycles. The summed E-state index contributed by atoms with van der Waals surface area (Å²) in [6, 6.07) is 0. The van der Waals surface area contributed by atoms with Gasteiger partial charge in [0.2, 0.25) is 10.0 Å². The van der Waals surface area contributed by atoms with Crippen molar-refractivity contribution in [2.75, 3.05) is 13.1 Å². The molecule has 1 N–H and O–H groups in total. The molecule has 1 aliphatic rings.